The smallest absolute Gasteiger partial charge is 0.188 e. The summed E-state index contributed by atoms with van der Waals surface area (Å²) in [5, 5.41) is 2.30. The summed E-state index contributed by atoms with van der Waals surface area (Å²) < 4.78 is 0. The number of hydrogen-bond acceptors (Lipinski definition) is 2. The van der Waals surface area contributed by atoms with E-state index in [4.69, 9.17) is 0 Å². The maximum Gasteiger partial charge on any atom is 0.188 e. The largest absolute Gasteiger partial charge is 0.371 e. The molecular formula is C19H19NO. The number of nitrogens with zero attached hydrogens (tertiary/aromatic N) is 1. The highest BCUT2D eigenvalue weighted by Gasteiger charge is 2.23. The van der Waals surface area contributed by atoms with E-state index in [9.17, 15) is 4.79 Å². The Morgan fingerprint density at radius 3 is 2.19 bits per heavy atom. The van der Waals surface area contributed by atoms with Gasteiger partial charge in [-0.3, -0.25) is 4.79 Å². The van der Waals surface area contributed by atoms with Gasteiger partial charge in [-0.15, -0.1) is 0 Å². The third-order valence-corrected chi connectivity index (χ3v) is 4.66. The van der Waals surface area contributed by atoms with Crippen LogP contribution in [0.4, 0.5) is 0 Å². The molecule has 0 N–H and O–H groups in total. The van der Waals surface area contributed by atoms with Crippen molar-refractivity contribution < 1.29 is 4.79 Å². The van der Waals surface area contributed by atoms with Crippen LogP contribution in [0.1, 0.15) is 41.6 Å². The fourth-order valence-electron chi connectivity index (χ4n) is 3.61. The van der Waals surface area contributed by atoms with Crippen LogP contribution in [0.25, 0.3) is 16.5 Å². The van der Waals surface area contributed by atoms with Gasteiger partial charge in [0.15, 0.2) is 5.78 Å². The summed E-state index contributed by atoms with van der Waals surface area (Å²) >= 11 is 0. The zero-order valence-electron chi connectivity index (χ0n) is 12.1. The van der Waals surface area contributed by atoms with Crippen LogP contribution in [-0.2, 0) is 0 Å². The van der Waals surface area contributed by atoms with Crippen molar-refractivity contribution in [2.24, 2.45) is 0 Å². The van der Waals surface area contributed by atoms with Crippen molar-refractivity contribution in [3.05, 3.63) is 53.6 Å². The lowest BCUT2D eigenvalue weighted by atomic mass is 9.90. The summed E-state index contributed by atoms with van der Waals surface area (Å²) in [5.41, 5.74) is 3.21. The molecule has 0 saturated carbocycles. The summed E-state index contributed by atoms with van der Waals surface area (Å²) in [7, 11) is 0. The van der Waals surface area contributed by atoms with Gasteiger partial charge in [0.1, 0.15) is 0 Å². The molecule has 0 amide bonds. The number of hydrogen-bond donors (Lipinski definition) is 0. The van der Waals surface area contributed by atoms with E-state index in [0.717, 1.165) is 29.7 Å². The number of benzene rings is 2. The Balaban J connectivity index is 1.89. The first-order chi connectivity index (χ1) is 10.3. The van der Waals surface area contributed by atoms with Crippen LogP contribution in [0, 0.1) is 0 Å². The van der Waals surface area contributed by atoms with Gasteiger partial charge in [0.2, 0.25) is 0 Å². The molecule has 2 aromatic carbocycles. The highest BCUT2D eigenvalue weighted by molar-refractivity contribution is 6.21. The average Bonchev–Trinajstić information content (AvgIpc) is 2.80. The molecule has 1 heterocycles. The summed E-state index contributed by atoms with van der Waals surface area (Å²) in [4.78, 5) is 14.9. The van der Waals surface area contributed by atoms with Gasteiger partial charge >= 0.3 is 0 Å². The average molecular weight is 277 g/mol. The van der Waals surface area contributed by atoms with Gasteiger partial charge < -0.3 is 4.90 Å². The quantitative estimate of drug-likeness (QED) is 0.776. The Kier molecular flexibility index (Phi) is 3.03. The summed E-state index contributed by atoms with van der Waals surface area (Å²) in [6, 6.07) is 12.4. The van der Waals surface area contributed by atoms with Crippen molar-refractivity contribution in [2.75, 3.05) is 13.1 Å². The van der Waals surface area contributed by atoms with Gasteiger partial charge in [-0.25, -0.2) is 0 Å². The van der Waals surface area contributed by atoms with E-state index in [1.807, 2.05) is 18.2 Å². The number of allylic oxidation sites excluding steroid dienone is 1. The number of carbonyl (C=O) groups is 1. The molecule has 0 aromatic heterocycles. The van der Waals surface area contributed by atoms with E-state index >= 15 is 0 Å². The first kappa shape index (κ1) is 12.6. The van der Waals surface area contributed by atoms with Crippen LogP contribution in [0.15, 0.2) is 42.5 Å². The van der Waals surface area contributed by atoms with Crippen LogP contribution in [0.3, 0.4) is 0 Å². The summed E-state index contributed by atoms with van der Waals surface area (Å²) in [6.45, 7) is 2.13. The molecule has 2 aromatic rings. The molecule has 1 saturated heterocycles. The molecule has 2 heteroatoms. The maximum atomic E-state index is 12.5. The third-order valence-electron chi connectivity index (χ3n) is 4.66. The standard InChI is InChI=1S/C19H19NO/c21-18-13-17(20-11-3-1-2-4-12-20)15-9-5-7-14-8-6-10-16(18)19(14)15/h5-10,13H,1-4,11-12H2. The predicted octanol–water partition coefficient (Wildman–Crippen LogP) is 4.25. The Morgan fingerprint density at radius 2 is 1.48 bits per heavy atom. The van der Waals surface area contributed by atoms with Crippen LogP contribution in [-0.4, -0.2) is 23.8 Å². The maximum absolute atomic E-state index is 12.5. The lowest BCUT2D eigenvalue weighted by Crippen LogP contribution is -2.25. The molecule has 1 fully saturated rings. The van der Waals surface area contributed by atoms with Gasteiger partial charge in [0.25, 0.3) is 0 Å². The monoisotopic (exact) mass is 277 g/mol. The second kappa shape index (κ2) is 5.03. The van der Waals surface area contributed by atoms with Crippen molar-refractivity contribution >= 4 is 22.3 Å². The second-order valence-electron chi connectivity index (χ2n) is 6.00. The molecule has 2 nitrogen and oxygen atoms in total. The highest BCUT2D eigenvalue weighted by Crippen LogP contribution is 2.35. The van der Waals surface area contributed by atoms with E-state index in [0.29, 0.717) is 0 Å². The van der Waals surface area contributed by atoms with Crippen LogP contribution in [0.5, 0.6) is 0 Å². The van der Waals surface area contributed by atoms with Crippen molar-refractivity contribution in [2.45, 2.75) is 25.7 Å². The van der Waals surface area contributed by atoms with Gasteiger partial charge in [-0.05, 0) is 18.2 Å². The lowest BCUT2D eigenvalue weighted by molar-refractivity contribution is 0.104. The molecule has 0 spiro atoms. The molecule has 21 heavy (non-hydrogen) atoms. The number of likely N-dealkylation sites (tertiary alicyclic amines) is 1. The molecule has 0 radical (unpaired) electrons. The molecule has 4 rings (SSSR count). The topological polar surface area (TPSA) is 20.3 Å². The van der Waals surface area contributed by atoms with Crippen LogP contribution < -0.4 is 0 Å². The molecule has 1 aliphatic heterocycles. The Bertz CT molecular complexity index is 731. The molecule has 0 unspecified atom stereocenters. The van der Waals surface area contributed by atoms with Crippen LogP contribution in [0.2, 0.25) is 0 Å². The predicted molar refractivity (Wildman–Crippen MR) is 86.3 cm³/mol. The normalized spacial score (nSPS) is 18.6. The van der Waals surface area contributed by atoms with Gasteiger partial charge in [-0.2, -0.15) is 0 Å². The minimum absolute atomic E-state index is 0.151. The van der Waals surface area contributed by atoms with E-state index in [1.165, 1.54) is 36.6 Å². The molecule has 0 atom stereocenters. The Labute approximate surface area is 125 Å². The van der Waals surface area contributed by atoms with E-state index in [2.05, 4.69) is 29.2 Å². The van der Waals surface area contributed by atoms with E-state index in [1.54, 1.807) is 0 Å². The molecule has 0 bridgehead atoms. The van der Waals surface area contributed by atoms with Crippen molar-refractivity contribution in [1.82, 2.24) is 4.90 Å². The van der Waals surface area contributed by atoms with Gasteiger partial charge in [-0.1, -0.05) is 49.2 Å². The first-order valence-corrected chi connectivity index (χ1v) is 7.88. The van der Waals surface area contributed by atoms with Crippen molar-refractivity contribution in [3.63, 3.8) is 0 Å². The fraction of sp³-hybridized carbons (Fsp3) is 0.316. The van der Waals surface area contributed by atoms with Crippen LogP contribution >= 0.6 is 0 Å². The number of ketones is 1. The highest BCUT2D eigenvalue weighted by atomic mass is 16.1. The zero-order valence-corrected chi connectivity index (χ0v) is 12.1. The third kappa shape index (κ3) is 2.06. The second-order valence-corrected chi connectivity index (χ2v) is 6.00. The van der Waals surface area contributed by atoms with Gasteiger partial charge in [0.05, 0.1) is 0 Å². The van der Waals surface area contributed by atoms with Gasteiger partial charge in [0, 0.05) is 41.4 Å². The summed E-state index contributed by atoms with van der Waals surface area (Å²) in [6.07, 6.45) is 6.91. The molecule has 2 aliphatic rings. The summed E-state index contributed by atoms with van der Waals surface area (Å²) in [5.74, 6) is 0.151. The SMILES string of the molecule is O=C1C=C(N2CCCCCC2)c2cccc3cccc1c23. The Hall–Kier alpha value is -2.09. The van der Waals surface area contributed by atoms with E-state index in [-0.39, 0.29) is 5.78 Å². The fourth-order valence-corrected chi connectivity index (χ4v) is 3.61. The molecular weight excluding hydrogens is 258 g/mol. The first-order valence-electron chi connectivity index (χ1n) is 7.88. The number of rotatable bonds is 1. The zero-order chi connectivity index (χ0) is 14.2. The lowest BCUT2D eigenvalue weighted by Gasteiger charge is -2.29. The van der Waals surface area contributed by atoms with Crippen molar-refractivity contribution in [1.29, 1.82) is 0 Å². The van der Waals surface area contributed by atoms with E-state index < -0.39 is 0 Å². The Morgan fingerprint density at radius 1 is 0.810 bits per heavy atom. The minimum atomic E-state index is 0.151. The molecule has 106 valence electrons. The minimum Gasteiger partial charge on any atom is -0.371 e. The number of carbonyl (C=O) groups excluding carboxylic acids is 1. The van der Waals surface area contributed by atoms with Crippen molar-refractivity contribution in [3.8, 4) is 0 Å². The molecule has 1 aliphatic carbocycles.